The van der Waals surface area contributed by atoms with Crippen LogP contribution in [0, 0.1) is 5.41 Å². The number of fused-ring (bicyclic) bond motifs is 1. The molecule has 0 amide bonds. The predicted molar refractivity (Wildman–Crippen MR) is 150 cm³/mol. The molecule has 0 saturated heterocycles. The maximum Gasteiger partial charge on any atom is 0.305 e. The van der Waals surface area contributed by atoms with Gasteiger partial charge in [-0.25, -0.2) is 4.98 Å². The fourth-order valence-electron chi connectivity index (χ4n) is 4.77. The molecule has 38 heavy (non-hydrogen) atoms. The molecule has 0 saturated carbocycles. The van der Waals surface area contributed by atoms with Crippen molar-refractivity contribution in [2.45, 2.75) is 60.2 Å². The smallest absolute Gasteiger partial charge is 0.305 e. The van der Waals surface area contributed by atoms with E-state index in [1.807, 2.05) is 43.3 Å². The first-order valence-electron chi connectivity index (χ1n) is 13.3. The van der Waals surface area contributed by atoms with Crippen LogP contribution in [0.2, 0.25) is 5.15 Å². The van der Waals surface area contributed by atoms with Gasteiger partial charge in [-0.05, 0) is 36.5 Å². The van der Waals surface area contributed by atoms with E-state index in [0.29, 0.717) is 50.9 Å². The third-order valence-electron chi connectivity index (χ3n) is 6.21. The van der Waals surface area contributed by atoms with Crippen LogP contribution in [0.3, 0.4) is 0 Å². The number of esters is 1. The molecule has 8 heteroatoms. The van der Waals surface area contributed by atoms with Gasteiger partial charge in [0.15, 0.2) is 16.7 Å². The third-order valence-corrected chi connectivity index (χ3v) is 6.51. The second kappa shape index (κ2) is 12.7. The normalized spacial score (nSPS) is 13.1. The summed E-state index contributed by atoms with van der Waals surface area (Å²) in [6, 6.07) is 16.2. The summed E-state index contributed by atoms with van der Waals surface area (Å²) in [5.74, 6) is 2.20. The van der Waals surface area contributed by atoms with E-state index >= 15 is 0 Å². The number of rotatable bonds is 11. The Hall–Kier alpha value is -3.03. The number of nitrogens with zero attached hydrogens (tertiary/aromatic N) is 3. The number of carbonyl (C=O) groups excluding carboxylic acids is 1. The minimum absolute atomic E-state index is 0.0668. The van der Waals surface area contributed by atoms with Crippen LogP contribution in [-0.4, -0.2) is 46.8 Å². The van der Waals surface area contributed by atoms with Gasteiger partial charge >= 0.3 is 5.97 Å². The molecule has 0 fully saturated rings. The molecule has 2 aromatic carbocycles. The Balaban J connectivity index is 1.62. The molecule has 4 rings (SSSR count). The Labute approximate surface area is 230 Å². The van der Waals surface area contributed by atoms with E-state index in [-0.39, 0.29) is 11.4 Å². The summed E-state index contributed by atoms with van der Waals surface area (Å²) in [6.07, 6.45) is 0.986. The largest absolute Gasteiger partial charge is 0.486 e. The molecule has 0 spiro atoms. The molecular formula is C30H38ClN3O4. The highest BCUT2D eigenvalue weighted by molar-refractivity contribution is 6.30. The molecule has 0 atom stereocenters. The van der Waals surface area contributed by atoms with Gasteiger partial charge in [-0.2, -0.15) is 0 Å². The number of hydrogen-bond acceptors (Lipinski definition) is 6. The standard InChI is InChI=1S/C30H38ClN3O4/c1-5-36-27(35)12-9-15-34-24(28(31)32-29(34)23-10-7-6-8-11-23)20-33(21-30(2,3)4)19-22-13-14-25-26(18-22)38-17-16-37-25/h6-8,10-11,13-14,18H,5,9,12,15-17,19-21H2,1-4H3. The zero-order valence-electron chi connectivity index (χ0n) is 22.8. The van der Waals surface area contributed by atoms with Crippen LogP contribution < -0.4 is 9.47 Å². The maximum atomic E-state index is 12.0. The first kappa shape index (κ1) is 28.0. The molecule has 0 bridgehead atoms. The monoisotopic (exact) mass is 539 g/mol. The molecule has 1 aliphatic rings. The number of hydrogen-bond donors (Lipinski definition) is 0. The van der Waals surface area contributed by atoms with Crippen LogP contribution in [0.1, 0.15) is 51.8 Å². The van der Waals surface area contributed by atoms with E-state index in [1.54, 1.807) is 0 Å². The first-order chi connectivity index (χ1) is 18.2. The lowest BCUT2D eigenvalue weighted by atomic mass is 9.95. The average Bonchev–Trinajstić information content (AvgIpc) is 3.18. The van der Waals surface area contributed by atoms with Crippen molar-refractivity contribution in [1.82, 2.24) is 14.5 Å². The van der Waals surface area contributed by atoms with Gasteiger partial charge in [0, 0.05) is 38.2 Å². The SMILES string of the molecule is CCOC(=O)CCCn1c(-c2ccccc2)nc(Cl)c1CN(Cc1ccc2c(c1)OCCO2)CC(C)(C)C. The molecule has 0 radical (unpaired) electrons. The highest BCUT2D eigenvalue weighted by Crippen LogP contribution is 2.33. The van der Waals surface area contributed by atoms with Crippen LogP contribution in [0.15, 0.2) is 48.5 Å². The minimum atomic E-state index is -0.186. The minimum Gasteiger partial charge on any atom is -0.486 e. The third kappa shape index (κ3) is 7.51. The van der Waals surface area contributed by atoms with E-state index in [4.69, 9.17) is 30.8 Å². The van der Waals surface area contributed by atoms with Gasteiger partial charge in [0.2, 0.25) is 0 Å². The van der Waals surface area contributed by atoms with E-state index in [1.165, 1.54) is 0 Å². The molecule has 1 aromatic heterocycles. The highest BCUT2D eigenvalue weighted by atomic mass is 35.5. The van der Waals surface area contributed by atoms with Crippen molar-refractivity contribution in [3.63, 3.8) is 0 Å². The van der Waals surface area contributed by atoms with Crippen LogP contribution >= 0.6 is 11.6 Å². The van der Waals surface area contributed by atoms with Crippen molar-refractivity contribution in [3.05, 3.63) is 64.9 Å². The maximum absolute atomic E-state index is 12.0. The highest BCUT2D eigenvalue weighted by Gasteiger charge is 2.24. The zero-order valence-corrected chi connectivity index (χ0v) is 23.6. The number of benzene rings is 2. The Morgan fingerprint density at radius 1 is 1.08 bits per heavy atom. The van der Waals surface area contributed by atoms with Crippen molar-refractivity contribution in [3.8, 4) is 22.9 Å². The summed E-state index contributed by atoms with van der Waals surface area (Å²) < 4.78 is 18.8. The predicted octanol–water partition coefficient (Wildman–Crippen LogP) is 6.37. The molecule has 0 aliphatic carbocycles. The molecule has 204 valence electrons. The summed E-state index contributed by atoms with van der Waals surface area (Å²) in [5.41, 5.74) is 3.14. The summed E-state index contributed by atoms with van der Waals surface area (Å²) >= 11 is 6.82. The number of aromatic nitrogens is 2. The molecular weight excluding hydrogens is 502 g/mol. The number of imidazole rings is 1. The number of halogens is 1. The first-order valence-corrected chi connectivity index (χ1v) is 13.7. The fourth-order valence-corrected chi connectivity index (χ4v) is 5.01. The fraction of sp³-hybridized carbons (Fsp3) is 0.467. The Morgan fingerprint density at radius 2 is 1.82 bits per heavy atom. The van der Waals surface area contributed by atoms with Crippen LogP contribution in [0.25, 0.3) is 11.4 Å². The lowest BCUT2D eigenvalue weighted by Crippen LogP contribution is -2.33. The Bertz CT molecular complexity index is 1220. The molecule has 0 N–H and O–H groups in total. The molecule has 2 heterocycles. The summed E-state index contributed by atoms with van der Waals surface area (Å²) in [5, 5.41) is 0.487. The second-order valence-corrected chi connectivity index (χ2v) is 11.1. The zero-order chi connectivity index (χ0) is 27.1. The topological polar surface area (TPSA) is 65.8 Å². The van der Waals surface area contributed by atoms with Crippen molar-refractivity contribution < 1.29 is 19.0 Å². The van der Waals surface area contributed by atoms with Crippen molar-refractivity contribution in [2.75, 3.05) is 26.4 Å². The van der Waals surface area contributed by atoms with Gasteiger partial charge in [0.05, 0.1) is 12.3 Å². The number of carbonyl (C=O) groups is 1. The van der Waals surface area contributed by atoms with Gasteiger partial charge < -0.3 is 18.8 Å². The molecule has 3 aromatic rings. The van der Waals surface area contributed by atoms with E-state index in [2.05, 4.69) is 42.4 Å². The van der Waals surface area contributed by atoms with Crippen molar-refractivity contribution >= 4 is 17.6 Å². The van der Waals surface area contributed by atoms with Gasteiger partial charge in [-0.3, -0.25) is 9.69 Å². The lowest BCUT2D eigenvalue weighted by Gasteiger charge is -2.31. The quantitative estimate of drug-likeness (QED) is 0.264. The van der Waals surface area contributed by atoms with Gasteiger partial charge in [-0.15, -0.1) is 0 Å². The average molecular weight is 540 g/mol. The van der Waals surface area contributed by atoms with Gasteiger partial charge in [0.1, 0.15) is 19.0 Å². The van der Waals surface area contributed by atoms with E-state index < -0.39 is 0 Å². The van der Waals surface area contributed by atoms with Gasteiger partial charge in [-0.1, -0.05) is 68.8 Å². The van der Waals surface area contributed by atoms with Crippen molar-refractivity contribution in [1.29, 1.82) is 0 Å². The summed E-state index contributed by atoms with van der Waals surface area (Å²) in [4.78, 5) is 19.2. The summed E-state index contributed by atoms with van der Waals surface area (Å²) in [6.45, 7) is 12.9. The van der Waals surface area contributed by atoms with E-state index in [0.717, 1.165) is 47.2 Å². The Kier molecular flexibility index (Phi) is 9.34. The molecule has 7 nitrogen and oxygen atoms in total. The molecule has 0 unspecified atom stereocenters. The lowest BCUT2D eigenvalue weighted by molar-refractivity contribution is -0.143. The van der Waals surface area contributed by atoms with Crippen LogP contribution in [0.4, 0.5) is 0 Å². The van der Waals surface area contributed by atoms with E-state index in [9.17, 15) is 4.79 Å². The number of ether oxygens (including phenoxy) is 3. The van der Waals surface area contributed by atoms with Gasteiger partial charge in [0.25, 0.3) is 0 Å². The van der Waals surface area contributed by atoms with Crippen LogP contribution in [-0.2, 0) is 29.2 Å². The Morgan fingerprint density at radius 3 is 2.53 bits per heavy atom. The van der Waals surface area contributed by atoms with Crippen LogP contribution in [0.5, 0.6) is 11.5 Å². The van der Waals surface area contributed by atoms with Crippen molar-refractivity contribution in [2.24, 2.45) is 5.41 Å². The molecule has 1 aliphatic heterocycles. The summed E-state index contributed by atoms with van der Waals surface area (Å²) in [7, 11) is 0. The second-order valence-electron chi connectivity index (χ2n) is 10.8.